The van der Waals surface area contributed by atoms with Crippen molar-refractivity contribution in [2.24, 2.45) is 0 Å². The third-order valence-electron chi connectivity index (χ3n) is 2.27. The fourth-order valence-electron chi connectivity index (χ4n) is 1.48. The van der Waals surface area contributed by atoms with Crippen molar-refractivity contribution in [2.75, 3.05) is 18.1 Å². The molecule has 0 bridgehead atoms. The summed E-state index contributed by atoms with van der Waals surface area (Å²) in [6.07, 6.45) is -2.43. The Morgan fingerprint density at radius 1 is 1.22 bits per heavy atom. The summed E-state index contributed by atoms with van der Waals surface area (Å²) in [6.45, 7) is 4.83. The molecule has 0 aliphatic heterocycles. The van der Waals surface area contributed by atoms with E-state index < -0.39 is 24.9 Å². The smallest absolute Gasteiger partial charge is 0.217 e. The Morgan fingerprint density at radius 2 is 1.72 bits per heavy atom. The van der Waals surface area contributed by atoms with Crippen LogP contribution in [-0.4, -0.2) is 62.2 Å². The van der Waals surface area contributed by atoms with Gasteiger partial charge in [0.15, 0.2) is 0 Å². The van der Waals surface area contributed by atoms with E-state index in [0.717, 1.165) is 11.5 Å². The molecule has 0 unspecified atom stereocenters. The fraction of sp³-hybridized carbons (Fsp3) is 0.909. The maximum Gasteiger partial charge on any atom is 0.217 e. The van der Waals surface area contributed by atoms with Crippen molar-refractivity contribution < 1.29 is 20.1 Å². The molecule has 0 aromatic carbocycles. The lowest BCUT2D eigenvalue weighted by molar-refractivity contribution is -0.121. The van der Waals surface area contributed by atoms with Gasteiger partial charge in [-0.2, -0.15) is 0 Å². The number of hydrogen-bond donors (Lipinski definition) is 4. The third kappa shape index (κ3) is 6.29. The first kappa shape index (κ1) is 18.0. The van der Waals surface area contributed by atoms with Gasteiger partial charge in [-0.25, -0.2) is 0 Å². The van der Waals surface area contributed by atoms with E-state index in [9.17, 15) is 15.0 Å². The van der Waals surface area contributed by atoms with Crippen LogP contribution in [0.2, 0.25) is 0 Å². The Labute approximate surface area is 117 Å². The second kappa shape index (κ2) is 9.91. The van der Waals surface area contributed by atoms with Crippen LogP contribution in [-0.2, 0) is 4.79 Å². The predicted octanol–water partition coefficient (Wildman–Crippen LogP) is 0.0375. The van der Waals surface area contributed by atoms with Crippen LogP contribution < -0.4 is 5.32 Å². The second-order valence-corrected chi connectivity index (χ2v) is 6.88. The minimum atomic E-state index is -1.25. The molecule has 0 saturated carbocycles. The van der Waals surface area contributed by atoms with E-state index in [1.807, 2.05) is 13.8 Å². The highest BCUT2D eigenvalue weighted by Gasteiger charge is 2.33. The molecule has 0 spiro atoms. The number of carbonyl (C=O) groups is 1. The van der Waals surface area contributed by atoms with E-state index in [1.165, 1.54) is 6.92 Å². The minimum absolute atomic E-state index is 0.0555. The van der Waals surface area contributed by atoms with Crippen LogP contribution in [0, 0.1) is 0 Å². The Kier molecular flexibility index (Phi) is 9.94. The molecule has 0 aliphatic carbocycles. The van der Waals surface area contributed by atoms with Gasteiger partial charge in [0.2, 0.25) is 5.91 Å². The maximum atomic E-state index is 11.2. The summed E-state index contributed by atoms with van der Waals surface area (Å²) in [4.78, 5) is 11.2. The summed E-state index contributed by atoms with van der Waals surface area (Å²) in [5, 5.41) is 31.1. The number of amides is 1. The van der Waals surface area contributed by atoms with Crippen molar-refractivity contribution in [2.45, 2.75) is 43.6 Å². The average molecular weight is 297 g/mol. The lowest BCUT2D eigenvalue weighted by Crippen LogP contribution is -2.53. The van der Waals surface area contributed by atoms with E-state index >= 15 is 0 Å². The number of aliphatic hydroxyl groups excluding tert-OH is 3. The Morgan fingerprint density at radius 3 is 2.06 bits per heavy atom. The van der Waals surface area contributed by atoms with Crippen molar-refractivity contribution in [3.8, 4) is 0 Å². The number of rotatable bonds is 9. The predicted molar refractivity (Wildman–Crippen MR) is 76.8 cm³/mol. The van der Waals surface area contributed by atoms with E-state index in [0.29, 0.717) is 0 Å². The summed E-state index contributed by atoms with van der Waals surface area (Å²) >= 11 is 3.21. The van der Waals surface area contributed by atoms with Crippen molar-refractivity contribution in [1.29, 1.82) is 0 Å². The lowest BCUT2D eigenvalue weighted by Gasteiger charge is -2.32. The number of hydrogen-bond acceptors (Lipinski definition) is 6. The van der Waals surface area contributed by atoms with Crippen LogP contribution >= 0.6 is 23.5 Å². The van der Waals surface area contributed by atoms with Gasteiger partial charge in [-0.1, -0.05) is 13.8 Å². The van der Waals surface area contributed by atoms with Gasteiger partial charge in [0.25, 0.3) is 0 Å². The number of nitrogens with one attached hydrogen (secondary N) is 1. The lowest BCUT2D eigenvalue weighted by atomic mass is 10.1. The molecule has 0 radical (unpaired) electrons. The van der Waals surface area contributed by atoms with Gasteiger partial charge < -0.3 is 20.6 Å². The molecule has 3 atom stereocenters. The van der Waals surface area contributed by atoms with Crippen LogP contribution in [0.1, 0.15) is 20.8 Å². The molecule has 0 aromatic heterocycles. The molecule has 108 valence electrons. The molecule has 18 heavy (non-hydrogen) atoms. The zero-order valence-corrected chi connectivity index (χ0v) is 12.6. The molecule has 0 aliphatic rings. The van der Waals surface area contributed by atoms with Crippen LogP contribution in [0.25, 0.3) is 0 Å². The highest BCUT2D eigenvalue weighted by molar-refractivity contribution is 8.17. The first-order chi connectivity index (χ1) is 8.47. The largest absolute Gasteiger partial charge is 0.394 e. The molecule has 0 rings (SSSR count). The molecule has 4 N–H and O–H groups in total. The molecule has 7 heteroatoms. The van der Waals surface area contributed by atoms with E-state index in [2.05, 4.69) is 5.32 Å². The van der Waals surface area contributed by atoms with Gasteiger partial charge in [-0.05, 0) is 11.5 Å². The van der Waals surface area contributed by atoms with Gasteiger partial charge in [0.05, 0.1) is 17.2 Å². The first-order valence-electron chi connectivity index (χ1n) is 5.95. The standard InChI is InChI=1S/C11H23NO4S2/c1-4-17-11(18-5-2)9(12-7(3)14)10(16)8(15)6-13/h8-11,13,15-16H,4-6H2,1-3H3,(H,12,14)/t8-,9-,10+/m1/s1. The van der Waals surface area contributed by atoms with Gasteiger partial charge >= 0.3 is 0 Å². The van der Waals surface area contributed by atoms with Crippen LogP contribution in [0.4, 0.5) is 0 Å². The molecule has 0 saturated heterocycles. The molecule has 0 aromatic rings. The van der Waals surface area contributed by atoms with Crippen molar-refractivity contribution in [1.82, 2.24) is 5.32 Å². The monoisotopic (exact) mass is 297 g/mol. The van der Waals surface area contributed by atoms with Gasteiger partial charge in [-0.15, -0.1) is 23.5 Å². The van der Waals surface area contributed by atoms with Crippen LogP contribution in [0.15, 0.2) is 0 Å². The molecule has 0 fully saturated rings. The normalized spacial score (nSPS) is 16.4. The zero-order chi connectivity index (χ0) is 14.1. The Hall–Kier alpha value is 0.0500. The van der Waals surface area contributed by atoms with Crippen molar-refractivity contribution >= 4 is 29.4 Å². The Balaban J connectivity index is 4.85. The molecule has 0 heterocycles. The molecule has 5 nitrogen and oxygen atoms in total. The minimum Gasteiger partial charge on any atom is -0.394 e. The quantitative estimate of drug-likeness (QED) is 0.449. The van der Waals surface area contributed by atoms with Gasteiger partial charge in [-0.3, -0.25) is 4.79 Å². The highest BCUT2D eigenvalue weighted by atomic mass is 32.2. The summed E-state index contributed by atoms with van der Waals surface area (Å²) < 4.78 is -0.0555. The van der Waals surface area contributed by atoms with Gasteiger partial charge in [0.1, 0.15) is 12.2 Å². The fourth-order valence-corrected chi connectivity index (χ4v) is 4.21. The topological polar surface area (TPSA) is 89.8 Å². The number of carbonyl (C=O) groups excluding carboxylic acids is 1. The van der Waals surface area contributed by atoms with Crippen molar-refractivity contribution in [3.05, 3.63) is 0 Å². The first-order valence-corrected chi connectivity index (χ1v) is 8.04. The second-order valence-electron chi connectivity index (χ2n) is 3.75. The number of aliphatic hydroxyl groups is 3. The van der Waals surface area contributed by atoms with Crippen LogP contribution in [0.3, 0.4) is 0 Å². The van der Waals surface area contributed by atoms with E-state index in [4.69, 9.17) is 5.11 Å². The summed E-state index contributed by atoms with van der Waals surface area (Å²) in [5.74, 6) is 1.42. The molecular formula is C11H23NO4S2. The highest BCUT2D eigenvalue weighted by Crippen LogP contribution is 2.29. The van der Waals surface area contributed by atoms with Crippen LogP contribution in [0.5, 0.6) is 0 Å². The summed E-state index contributed by atoms with van der Waals surface area (Å²) in [6, 6.07) is -0.584. The SMILES string of the molecule is CCSC(SCC)[C@H](NC(C)=O)[C@@H](O)[C@H](O)CO. The molecule has 1 amide bonds. The Bertz CT molecular complexity index is 237. The third-order valence-corrected chi connectivity index (χ3v) is 5.00. The molecular weight excluding hydrogens is 274 g/mol. The summed E-state index contributed by atoms with van der Waals surface area (Å²) in [7, 11) is 0. The summed E-state index contributed by atoms with van der Waals surface area (Å²) in [5.41, 5.74) is 0. The zero-order valence-electron chi connectivity index (χ0n) is 11.0. The van der Waals surface area contributed by atoms with E-state index in [-0.39, 0.29) is 10.5 Å². The van der Waals surface area contributed by atoms with Crippen molar-refractivity contribution in [3.63, 3.8) is 0 Å². The average Bonchev–Trinajstić information content (AvgIpc) is 2.33. The van der Waals surface area contributed by atoms with E-state index in [1.54, 1.807) is 23.5 Å². The van der Waals surface area contributed by atoms with Gasteiger partial charge in [0, 0.05) is 6.92 Å². The number of thioether (sulfide) groups is 2. The maximum absolute atomic E-state index is 11.2.